The average molecular weight is 532 g/mol. The molecule has 2 aromatic carbocycles. The zero-order chi connectivity index (χ0) is 27.0. The van der Waals surface area contributed by atoms with Gasteiger partial charge in [-0.3, -0.25) is 4.79 Å². The number of carboxylic acids is 1. The maximum Gasteiger partial charge on any atom is 0.420 e. The van der Waals surface area contributed by atoms with Gasteiger partial charge in [0.05, 0.1) is 17.9 Å². The van der Waals surface area contributed by atoms with Crippen LogP contribution < -0.4 is 10.1 Å². The Morgan fingerprint density at radius 3 is 2.14 bits per heavy atom. The van der Waals surface area contributed by atoms with Gasteiger partial charge in [0.2, 0.25) is 0 Å². The fourth-order valence-corrected chi connectivity index (χ4v) is 5.62. The molecule has 0 heterocycles. The van der Waals surface area contributed by atoms with Gasteiger partial charge in [0.25, 0.3) is 0 Å². The number of hydrogen-bond acceptors (Lipinski definition) is 3. The van der Waals surface area contributed by atoms with Crippen molar-refractivity contribution in [3.8, 4) is 5.75 Å². The number of carbonyl (C=O) groups is 1. The van der Waals surface area contributed by atoms with E-state index in [1.807, 2.05) is 6.92 Å². The second-order valence-electron chi connectivity index (χ2n) is 10.3. The molecule has 0 amide bonds. The number of nitrogens with one attached hydrogen (secondary N) is 1. The molecule has 1 atom stereocenters. The van der Waals surface area contributed by atoms with Crippen LogP contribution in [-0.2, 0) is 11.0 Å². The number of hydrogen-bond donors (Lipinski definition) is 2. The van der Waals surface area contributed by atoms with E-state index >= 15 is 0 Å². The molecule has 2 N–H and O–H groups in total. The number of halogens is 6. The Morgan fingerprint density at radius 1 is 0.946 bits per heavy atom. The number of carboxylic acid groups (broad SMARTS) is 1. The minimum atomic E-state index is -4.72. The minimum Gasteiger partial charge on any atom is -0.490 e. The molecular weight excluding hydrogens is 500 g/mol. The lowest BCUT2D eigenvalue weighted by Gasteiger charge is -2.31. The molecule has 37 heavy (non-hydrogen) atoms. The molecule has 2 fully saturated rings. The van der Waals surface area contributed by atoms with E-state index in [0.29, 0.717) is 36.6 Å². The van der Waals surface area contributed by atoms with Crippen LogP contribution >= 0.6 is 0 Å². The molecule has 2 aliphatic carbocycles. The van der Waals surface area contributed by atoms with Crippen LogP contribution in [0.1, 0.15) is 75.5 Å². The first-order valence-corrected chi connectivity index (χ1v) is 12.7. The molecule has 0 saturated heterocycles. The summed E-state index contributed by atoms with van der Waals surface area (Å²) in [4.78, 5) is 11.2. The Kier molecular flexibility index (Phi) is 7.97. The molecule has 2 aromatic rings. The predicted octanol–water partition coefficient (Wildman–Crippen LogP) is 7.65. The molecule has 2 saturated carbocycles. The molecule has 10 heteroatoms. The van der Waals surface area contributed by atoms with Gasteiger partial charge in [0.15, 0.2) is 0 Å². The molecule has 4 rings (SSSR count). The summed E-state index contributed by atoms with van der Waals surface area (Å²) in [6.45, 7) is 1.86. The number of ether oxygens (including phenoxy) is 1. The third kappa shape index (κ3) is 6.51. The van der Waals surface area contributed by atoms with E-state index in [2.05, 4.69) is 5.32 Å². The Morgan fingerprint density at radius 2 is 1.57 bits per heavy atom. The SMILES string of the molecule is C[C@@H](NC1CCC(C(=O)O)CC1)c1ccc2ccc(OC3CCC(C(F)(F)F)CC3)c(C(F)(F)F)c2c1. The summed E-state index contributed by atoms with van der Waals surface area (Å²) in [6, 6.07) is 7.48. The van der Waals surface area contributed by atoms with Crippen molar-refractivity contribution < 1.29 is 41.0 Å². The molecule has 2 aliphatic rings. The minimum absolute atomic E-state index is 0.0188. The fourth-order valence-electron chi connectivity index (χ4n) is 5.62. The summed E-state index contributed by atoms with van der Waals surface area (Å²) in [5, 5.41) is 13.0. The van der Waals surface area contributed by atoms with Gasteiger partial charge < -0.3 is 15.2 Å². The smallest absolute Gasteiger partial charge is 0.420 e. The van der Waals surface area contributed by atoms with Gasteiger partial charge >= 0.3 is 18.3 Å². The van der Waals surface area contributed by atoms with Crippen molar-refractivity contribution in [3.05, 3.63) is 41.5 Å². The van der Waals surface area contributed by atoms with Crippen LogP contribution in [0.2, 0.25) is 0 Å². The normalized spacial score (nSPS) is 26.1. The first-order valence-electron chi connectivity index (χ1n) is 12.7. The highest BCUT2D eigenvalue weighted by Gasteiger charge is 2.43. The molecular formula is C27H31F6NO3. The van der Waals surface area contributed by atoms with Crippen molar-refractivity contribution in [2.24, 2.45) is 11.8 Å². The summed E-state index contributed by atoms with van der Waals surface area (Å²) in [5.41, 5.74) is -0.264. The van der Waals surface area contributed by atoms with Gasteiger partial charge in [0, 0.05) is 12.1 Å². The lowest BCUT2D eigenvalue weighted by molar-refractivity contribution is -0.185. The van der Waals surface area contributed by atoms with Crippen molar-refractivity contribution in [1.82, 2.24) is 5.32 Å². The summed E-state index contributed by atoms with van der Waals surface area (Å²) >= 11 is 0. The van der Waals surface area contributed by atoms with Crippen LogP contribution in [0.25, 0.3) is 10.8 Å². The average Bonchev–Trinajstić information content (AvgIpc) is 2.82. The van der Waals surface area contributed by atoms with Crippen LogP contribution in [0.15, 0.2) is 30.3 Å². The van der Waals surface area contributed by atoms with Crippen LogP contribution in [0.4, 0.5) is 26.3 Å². The Hall–Kier alpha value is -2.49. The maximum atomic E-state index is 14.3. The zero-order valence-corrected chi connectivity index (χ0v) is 20.5. The highest BCUT2D eigenvalue weighted by atomic mass is 19.4. The third-order valence-electron chi connectivity index (χ3n) is 7.78. The standard InChI is InChI=1S/C27H31F6NO3/c1-15(34-20-9-4-17(5-10-20)25(35)36)18-3-2-16-6-13-23(24(22(16)14-18)27(31,32)33)37-21-11-7-19(8-12-21)26(28,29)30/h2-3,6,13-15,17,19-21,34H,4-5,7-12H2,1H3,(H,35,36)/t15-,17?,19?,20?,21?/m1/s1. The highest BCUT2D eigenvalue weighted by molar-refractivity contribution is 5.89. The van der Waals surface area contributed by atoms with Crippen molar-refractivity contribution in [3.63, 3.8) is 0 Å². The summed E-state index contributed by atoms with van der Waals surface area (Å²) in [5.74, 6) is -2.96. The number of benzene rings is 2. The molecule has 0 radical (unpaired) electrons. The molecule has 0 unspecified atom stereocenters. The first-order chi connectivity index (χ1) is 17.3. The molecule has 0 bridgehead atoms. The van der Waals surface area contributed by atoms with Crippen LogP contribution in [0.5, 0.6) is 5.75 Å². The quantitative estimate of drug-likeness (QED) is 0.376. The van der Waals surface area contributed by atoms with E-state index in [0.717, 1.165) is 0 Å². The zero-order valence-electron chi connectivity index (χ0n) is 20.5. The van der Waals surface area contributed by atoms with E-state index in [-0.39, 0.29) is 54.8 Å². The molecule has 4 nitrogen and oxygen atoms in total. The topological polar surface area (TPSA) is 58.6 Å². The van der Waals surface area contributed by atoms with Gasteiger partial charge in [-0.05, 0) is 86.8 Å². The van der Waals surface area contributed by atoms with E-state index in [1.54, 1.807) is 12.1 Å². The fraction of sp³-hybridized carbons (Fsp3) is 0.593. The lowest BCUT2D eigenvalue weighted by atomic mass is 9.85. The van der Waals surface area contributed by atoms with Gasteiger partial charge in [-0.15, -0.1) is 0 Å². The molecule has 204 valence electrons. The monoisotopic (exact) mass is 531 g/mol. The maximum absolute atomic E-state index is 14.3. The highest BCUT2D eigenvalue weighted by Crippen LogP contribution is 2.44. The largest absolute Gasteiger partial charge is 0.490 e. The van der Waals surface area contributed by atoms with Gasteiger partial charge in [-0.25, -0.2) is 0 Å². The van der Waals surface area contributed by atoms with Crippen LogP contribution in [-0.4, -0.2) is 29.4 Å². The molecule has 0 aromatic heterocycles. The number of fused-ring (bicyclic) bond motifs is 1. The Balaban J connectivity index is 1.54. The van der Waals surface area contributed by atoms with Gasteiger partial charge in [0.1, 0.15) is 11.3 Å². The van der Waals surface area contributed by atoms with Gasteiger partial charge in [-0.1, -0.05) is 18.2 Å². The van der Waals surface area contributed by atoms with Crippen LogP contribution in [0, 0.1) is 11.8 Å². The Labute approximate surface area is 211 Å². The van der Waals surface area contributed by atoms with Crippen molar-refractivity contribution >= 4 is 16.7 Å². The summed E-state index contributed by atoms with van der Waals surface area (Å²) < 4.78 is 87.4. The second-order valence-corrected chi connectivity index (χ2v) is 10.3. The molecule has 0 spiro atoms. The van der Waals surface area contributed by atoms with E-state index < -0.39 is 35.9 Å². The number of alkyl halides is 6. The number of aliphatic carboxylic acids is 1. The Bertz CT molecular complexity index is 1100. The van der Waals surface area contributed by atoms with Crippen molar-refractivity contribution in [1.29, 1.82) is 0 Å². The van der Waals surface area contributed by atoms with E-state index in [1.165, 1.54) is 18.2 Å². The van der Waals surface area contributed by atoms with Crippen molar-refractivity contribution in [2.45, 2.75) is 88.8 Å². The first kappa shape index (κ1) is 27.5. The van der Waals surface area contributed by atoms with Gasteiger partial charge in [-0.2, -0.15) is 26.3 Å². The second kappa shape index (κ2) is 10.7. The molecule has 0 aliphatic heterocycles. The van der Waals surface area contributed by atoms with E-state index in [9.17, 15) is 36.2 Å². The number of rotatable bonds is 6. The van der Waals surface area contributed by atoms with Crippen molar-refractivity contribution in [2.75, 3.05) is 0 Å². The summed E-state index contributed by atoms with van der Waals surface area (Å²) in [6.07, 6.45) is -7.49. The predicted molar refractivity (Wildman–Crippen MR) is 126 cm³/mol. The van der Waals surface area contributed by atoms with Crippen LogP contribution in [0.3, 0.4) is 0 Å². The summed E-state index contributed by atoms with van der Waals surface area (Å²) in [7, 11) is 0. The lowest BCUT2D eigenvalue weighted by Crippen LogP contribution is -2.36. The third-order valence-corrected chi connectivity index (χ3v) is 7.78. The van der Waals surface area contributed by atoms with E-state index in [4.69, 9.17) is 4.74 Å².